The molecule has 1 heterocycles. The van der Waals surface area contributed by atoms with E-state index in [-0.39, 0.29) is 0 Å². The summed E-state index contributed by atoms with van der Waals surface area (Å²) >= 11 is 0. The predicted molar refractivity (Wildman–Crippen MR) is 120 cm³/mol. The van der Waals surface area contributed by atoms with Gasteiger partial charge in [-0.2, -0.15) is 0 Å². The van der Waals surface area contributed by atoms with Crippen LogP contribution in [-0.4, -0.2) is 38.8 Å². The molecule has 158 valence electrons. The molecule has 2 unspecified atom stereocenters. The molecule has 29 heavy (non-hydrogen) atoms. The fourth-order valence-corrected chi connectivity index (χ4v) is 5.51. The van der Waals surface area contributed by atoms with Crippen molar-refractivity contribution in [1.29, 1.82) is 0 Å². The molecule has 0 saturated carbocycles. The smallest absolute Gasteiger partial charge is 0.161 e. The monoisotopic (exact) mass is 395 g/mol. The largest absolute Gasteiger partial charge is 0.493 e. The lowest BCUT2D eigenvalue weighted by atomic mass is 9.72. The van der Waals surface area contributed by atoms with Crippen molar-refractivity contribution >= 4 is 0 Å². The maximum absolute atomic E-state index is 5.55. The van der Waals surface area contributed by atoms with Gasteiger partial charge in [-0.15, -0.1) is 0 Å². The fourth-order valence-electron chi connectivity index (χ4n) is 5.51. The van der Waals surface area contributed by atoms with Crippen LogP contribution >= 0.6 is 0 Å². The van der Waals surface area contributed by atoms with Gasteiger partial charge in [0.2, 0.25) is 0 Å². The first kappa shape index (κ1) is 20.5. The van der Waals surface area contributed by atoms with Crippen molar-refractivity contribution in [3.63, 3.8) is 0 Å². The second-order valence-corrected chi connectivity index (χ2v) is 9.34. The van der Waals surface area contributed by atoms with Crippen LogP contribution in [0.4, 0.5) is 0 Å². The Bertz CT molecular complexity index is 758. The van der Waals surface area contributed by atoms with E-state index >= 15 is 0 Å². The van der Waals surface area contributed by atoms with Crippen molar-refractivity contribution in [2.45, 2.75) is 51.9 Å². The Morgan fingerprint density at radius 3 is 2.28 bits per heavy atom. The average Bonchev–Trinajstić information content (AvgIpc) is 2.75. The first-order valence-corrected chi connectivity index (χ1v) is 11.5. The molecule has 3 nitrogen and oxygen atoms in total. The Labute approximate surface area is 176 Å². The lowest BCUT2D eigenvalue weighted by molar-refractivity contribution is 0.161. The van der Waals surface area contributed by atoms with Crippen LogP contribution in [0.15, 0.2) is 35.9 Å². The molecule has 0 N–H and O–H groups in total. The van der Waals surface area contributed by atoms with Crippen LogP contribution in [0.5, 0.6) is 11.5 Å². The number of nitrogens with zero attached hydrogens (tertiary/aromatic N) is 1. The summed E-state index contributed by atoms with van der Waals surface area (Å²) < 4.78 is 11.1. The first-order chi connectivity index (χ1) is 14.2. The van der Waals surface area contributed by atoms with Crippen LogP contribution in [0.3, 0.4) is 0 Å². The van der Waals surface area contributed by atoms with E-state index in [4.69, 9.17) is 9.47 Å². The highest BCUT2D eigenvalue weighted by Gasteiger charge is 2.30. The van der Waals surface area contributed by atoms with Gasteiger partial charge in [-0.25, -0.2) is 0 Å². The van der Waals surface area contributed by atoms with Gasteiger partial charge in [0, 0.05) is 6.54 Å². The second kappa shape index (κ2) is 9.38. The summed E-state index contributed by atoms with van der Waals surface area (Å²) in [4.78, 5) is 2.66. The molecule has 2 atom stereocenters. The second-order valence-electron chi connectivity index (χ2n) is 9.34. The fraction of sp³-hybridized carbons (Fsp3) is 0.615. The molecule has 0 bridgehead atoms. The van der Waals surface area contributed by atoms with E-state index in [0.717, 1.165) is 35.8 Å². The molecule has 0 radical (unpaired) electrons. The minimum Gasteiger partial charge on any atom is -0.493 e. The minimum absolute atomic E-state index is 0.746. The predicted octanol–water partition coefficient (Wildman–Crippen LogP) is 5.43. The minimum atomic E-state index is 0.746. The number of benzene rings is 1. The Kier molecular flexibility index (Phi) is 6.64. The summed E-state index contributed by atoms with van der Waals surface area (Å²) in [7, 11) is 3.47. The number of ether oxygens (including phenoxy) is 2. The number of methoxy groups -OCH3 is 2. The number of allylic oxidation sites excluding steroid dienone is 2. The third kappa shape index (κ3) is 4.88. The maximum Gasteiger partial charge on any atom is 0.161 e. The van der Waals surface area contributed by atoms with Crippen LogP contribution in [0.1, 0.15) is 50.2 Å². The van der Waals surface area contributed by atoms with Crippen molar-refractivity contribution < 1.29 is 9.47 Å². The molecular formula is C26H37NO2. The lowest BCUT2D eigenvalue weighted by Gasteiger charge is -2.37. The number of rotatable bonds is 6. The molecule has 1 fully saturated rings. The summed E-state index contributed by atoms with van der Waals surface area (Å²) in [5.41, 5.74) is 4.45. The number of hydrogen-bond acceptors (Lipinski definition) is 3. The van der Waals surface area contributed by atoms with Gasteiger partial charge in [-0.3, -0.25) is 4.90 Å². The van der Waals surface area contributed by atoms with E-state index in [9.17, 15) is 0 Å². The maximum atomic E-state index is 5.55. The van der Waals surface area contributed by atoms with Crippen molar-refractivity contribution in [2.75, 3.05) is 33.9 Å². The van der Waals surface area contributed by atoms with Gasteiger partial charge in [-0.1, -0.05) is 25.2 Å². The number of piperidine rings is 1. The molecule has 2 aliphatic carbocycles. The topological polar surface area (TPSA) is 21.7 Å². The van der Waals surface area contributed by atoms with Gasteiger partial charge in [0.15, 0.2) is 11.5 Å². The molecule has 3 heteroatoms. The summed E-state index contributed by atoms with van der Waals surface area (Å²) in [6, 6.07) is 4.43. The molecule has 0 amide bonds. The molecule has 1 saturated heterocycles. The molecule has 1 aromatic carbocycles. The highest BCUT2D eigenvalue weighted by molar-refractivity contribution is 5.48. The zero-order chi connectivity index (χ0) is 20.2. The van der Waals surface area contributed by atoms with E-state index in [1.54, 1.807) is 14.2 Å². The van der Waals surface area contributed by atoms with Gasteiger partial charge in [0.1, 0.15) is 0 Å². The van der Waals surface area contributed by atoms with Crippen LogP contribution in [-0.2, 0) is 12.8 Å². The van der Waals surface area contributed by atoms with Crippen molar-refractivity contribution in [2.24, 2.45) is 17.8 Å². The van der Waals surface area contributed by atoms with Crippen LogP contribution in [0.2, 0.25) is 0 Å². The van der Waals surface area contributed by atoms with Gasteiger partial charge in [0.25, 0.3) is 0 Å². The van der Waals surface area contributed by atoms with E-state index in [2.05, 4.69) is 42.2 Å². The standard InChI is InChI=1S/C26H37NO2/c1-19-13-23-16-25(28-2)26(29-3)17-24(23)15-22(19)14-20-9-11-27(12-10-20)18-21-7-5-4-6-8-21/h5,7-8,16-17,19-20,22H,4,6,9-15,18H2,1-3H3. The van der Waals surface area contributed by atoms with Crippen molar-refractivity contribution in [1.82, 2.24) is 4.90 Å². The van der Waals surface area contributed by atoms with E-state index in [1.807, 2.05) is 0 Å². The van der Waals surface area contributed by atoms with Gasteiger partial charge < -0.3 is 9.47 Å². The third-order valence-corrected chi connectivity index (χ3v) is 7.36. The highest BCUT2D eigenvalue weighted by Crippen LogP contribution is 2.40. The summed E-state index contributed by atoms with van der Waals surface area (Å²) in [6.07, 6.45) is 16.0. The normalized spacial score (nSPS) is 25.4. The summed E-state index contributed by atoms with van der Waals surface area (Å²) in [5.74, 6) is 4.17. The van der Waals surface area contributed by atoms with E-state index < -0.39 is 0 Å². The van der Waals surface area contributed by atoms with Crippen LogP contribution in [0, 0.1) is 17.8 Å². The lowest BCUT2D eigenvalue weighted by Crippen LogP contribution is -2.36. The Hall–Kier alpha value is -1.74. The van der Waals surface area contributed by atoms with E-state index in [0.29, 0.717) is 0 Å². The van der Waals surface area contributed by atoms with E-state index in [1.165, 1.54) is 74.7 Å². The van der Waals surface area contributed by atoms with Crippen molar-refractivity contribution in [3.05, 3.63) is 47.1 Å². The van der Waals surface area contributed by atoms with Crippen LogP contribution < -0.4 is 9.47 Å². The molecule has 4 rings (SSSR count). The summed E-state index contributed by atoms with van der Waals surface area (Å²) in [6.45, 7) is 6.12. The molecule has 1 aliphatic heterocycles. The molecule has 0 aromatic heterocycles. The number of likely N-dealkylation sites (tertiary alicyclic amines) is 1. The molecule has 0 spiro atoms. The summed E-state index contributed by atoms with van der Waals surface area (Å²) in [5, 5.41) is 0. The Balaban J connectivity index is 1.32. The van der Waals surface area contributed by atoms with Gasteiger partial charge in [0.05, 0.1) is 14.2 Å². The van der Waals surface area contributed by atoms with Crippen molar-refractivity contribution in [3.8, 4) is 11.5 Å². The molecule has 3 aliphatic rings. The highest BCUT2D eigenvalue weighted by atomic mass is 16.5. The first-order valence-electron chi connectivity index (χ1n) is 11.5. The Morgan fingerprint density at radius 1 is 0.966 bits per heavy atom. The third-order valence-electron chi connectivity index (χ3n) is 7.36. The van der Waals surface area contributed by atoms with Gasteiger partial charge >= 0.3 is 0 Å². The average molecular weight is 396 g/mol. The van der Waals surface area contributed by atoms with Crippen LogP contribution in [0.25, 0.3) is 0 Å². The SMILES string of the molecule is COc1cc2c(cc1OC)CC(CC1CCN(CC3=CCCC=C3)CC1)C(C)C2. The van der Waals surface area contributed by atoms with Gasteiger partial charge in [-0.05, 0) is 105 Å². The molecular weight excluding hydrogens is 358 g/mol. The quantitative estimate of drug-likeness (QED) is 0.641. The Morgan fingerprint density at radius 2 is 1.66 bits per heavy atom. The number of hydrogen-bond donors (Lipinski definition) is 0. The molecule has 1 aromatic rings. The number of fused-ring (bicyclic) bond motifs is 1. The zero-order valence-corrected chi connectivity index (χ0v) is 18.5. The zero-order valence-electron chi connectivity index (χ0n) is 18.5.